The standard InChI is InChI=1S/C14H14F3NS/c1-3-9-4-5-12(19-9)14(18-2)8-6-10(15)13(17)11(16)7-8/h4-7,14,18H,3H2,1-2H3. The fourth-order valence-corrected chi connectivity index (χ4v) is 3.05. The molecule has 1 aromatic heterocycles. The van der Waals surface area contributed by atoms with Gasteiger partial charge in [0.05, 0.1) is 6.04 Å². The lowest BCUT2D eigenvalue weighted by atomic mass is 10.0. The molecule has 0 aliphatic carbocycles. The highest BCUT2D eigenvalue weighted by Gasteiger charge is 2.19. The summed E-state index contributed by atoms with van der Waals surface area (Å²) < 4.78 is 39.5. The third-order valence-electron chi connectivity index (χ3n) is 2.94. The minimum absolute atomic E-state index is 0.338. The molecule has 0 bridgehead atoms. The third-order valence-corrected chi connectivity index (χ3v) is 4.24. The average molecular weight is 285 g/mol. The van der Waals surface area contributed by atoms with E-state index < -0.39 is 17.5 Å². The Balaban J connectivity index is 2.42. The zero-order valence-corrected chi connectivity index (χ0v) is 11.5. The number of aryl methyl sites for hydroxylation is 1. The van der Waals surface area contributed by atoms with E-state index in [1.54, 1.807) is 18.4 Å². The van der Waals surface area contributed by atoms with Crippen molar-refractivity contribution in [3.63, 3.8) is 0 Å². The van der Waals surface area contributed by atoms with E-state index in [0.29, 0.717) is 5.56 Å². The van der Waals surface area contributed by atoms with Crippen molar-refractivity contribution in [2.75, 3.05) is 7.05 Å². The lowest BCUT2D eigenvalue weighted by Crippen LogP contribution is -2.17. The van der Waals surface area contributed by atoms with Gasteiger partial charge in [0.2, 0.25) is 0 Å². The number of halogens is 3. The smallest absolute Gasteiger partial charge is 0.194 e. The second-order valence-electron chi connectivity index (χ2n) is 4.18. The van der Waals surface area contributed by atoms with Crippen LogP contribution in [0.15, 0.2) is 24.3 Å². The Kier molecular flexibility index (Phi) is 4.27. The number of thiophene rings is 1. The molecule has 0 fully saturated rings. The average Bonchev–Trinajstić information content (AvgIpc) is 2.85. The molecule has 1 N–H and O–H groups in total. The van der Waals surface area contributed by atoms with Crippen molar-refractivity contribution >= 4 is 11.3 Å². The number of rotatable bonds is 4. The van der Waals surface area contributed by atoms with Gasteiger partial charge in [-0.15, -0.1) is 11.3 Å². The molecule has 0 spiro atoms. The first-order valence-electron chi connectivity index (χ1n) is 5.97. The van der Waals surface area contributed by atoms with Crippen LogP contribution in [0.4, 0.5) is 13.2 Å². The van der Waals surface area contributed by atoms with Gasteiger partial charge in [0.25, 0.3) is 0 Å². The van der Waals surface area contributed by atoms with Gasteiger partial charge < -0.3 is 5.32 Å². The SMILES string of the molecule is CCc1ccc(C(NC)c2cc(F)c(F)c(F)c2)s1. The Bertz CT molecular complexity index is 557. The van der Waals surface area contributed by atoms with E-state index in [-0.39, 0.29) is 6.04 Å². The predicted octanol–water partition coefficient (Wildman–Crippen LogP) is 4.04. The fourth-order valence-electron chi connectivity index (χ4n) is 1.95. The van der Waals surface area contributed by atoms with Crippen LogP contribution in [0.2, 0.25) is 0 Å². The highest BCUT2D eigenvalue weighted by atomic mass is 32.1. The summed E-state index contributed by atoms with van der Waals surface area (Å²) in [6, 6.07) is 5.63. The highest BCUT2D eigenvalue weighted by Crippen LogP contribution is 2.30. The number of hydrogen-bond acceptors (Lipinski definition) is 2. The molecule has 0 aliphatic rings. The monoisotopic (exact) mass is 285 g/mol. The second-order valence-corrected chi connectivity index (χ2v) is 5.38. The van der Waals surface area contributed by atoms with E-state index in [1.165, 1.54) is 4.88 Å². The van der Waals surface area contributed by atoms with Crippen molar-refractivity contribution in [3.05, 3.63) is 57.0 Å². The van der Waals surface area contributed by atoms with E-state index in [2.05, 4.69) is 5.32 Å². The lowest BCUT2D eigenvalue weighted by molar-refractivity contribution is 0.443. The van der Waals surface area contributed by atoms with Crippen molar-refractivity contribution in [2.24, 2.45) is 0 Å². The van der Waals surface area contributed by atoms with Gasteiger partial charge in [0.1, 0.15) is 0 Å². The van der Waals surface area contributed by atoms with Crippen molar-refractivity contribution < 1.29 is 13.2 Å². The molecule has 1 nitrogen and oxygen atoms in total. The van der Waals surface area contributed by atoms with Crippen LogP contribution < -0.4 is 5.32 Å². The topological polar surface area (TPSA) is 12.0 Å². The van der Waals surface area contributed by atoms with Crippen LogP contribution in [0.3, 0.4) is 0 Å². The van der Waals surface area contributed by atoms with Gasteiger partial charge in [-0.3, -0.25) is 0 Å². The summed E-state index contributed by atoms with van der Waals surface area (Å²) in [5, 5.41) is 3.00. The molecule has 2 aromatic rings. The minimum Gasteiger partial charge on any atom is -0.309 e. The van der Waals surface area contributed by atoms with Crippen molar-refractivity contribution in [2.45, 2.75) is 19.4 Å². The number of benzene rings is 1. The summed E-state index contributed by atoms with van der Waals surface area (Å²) in [5.74, 6) is -3.76. The van der Waals surface area contributed by atoms with Crippen LogP contribution in [-0.4, -0.2) is 7.05 Å². The van der Waals surface area contributed by atoms with Gasteiger partial charge >= 0.3 is 0 Å². The van der Waals surface area contributed by atoms with Crippen molar-refractivity contribution in [1.29, 1.82) is 0 Å². The van der Waals surface area contributed by atoms with E-state index >= 15 is 0 Å². The zero-order chi connectivity index (χ0) is 14.0. The van der Waals surface area contributed by atoms with Crippen LogP contribution in [0.5, 0.6) is 0 Å². The van der Waals surface area contributed by atoms with Crippen LogP contribution >= 0.6 is 11.3 Å². The summed E-state index contributed by atoms with van der Waals surface area (Å²) in [7, 11) is 1.70. The van der Waals surface area contributed by atoms with Crippen molar-refractivity contribution in [3.8, 4) is 0 Å². The molecule has 0 saturated carbocycles. The zero-order valence-electron chi connectivity index (χ0n) is 10.6. The maximum atomic E-state index is 13.3. The molecule has 2 rings (SSSR count). The van der Waals surface area contributed by atoms with Crippen LogP contribution in [0.25, 0.3) is 0 Å². The first kappa shape index (κ1) is 14.1. The molecule has 1 heterocycles. The normalized spacial score (nSPS) is 12.7. The molecule has 0 amide bonds. The highest BCUT2D eigenvalue weighted by molar-refractivity contribution is 7.12. The molecule has 1 unspecified atom stereocenters. The third kappa shape index (κ3) is 2.82. The molecule has 102 valence electrons. The Morgan fingerprint density at radius 3 is 2.26 bits per heavy atom. The molecule has 5 heteroatoms. The van der Waals surface area contributed by atoms with E-state index in [4.69, 9.17) is 0 Å². The summed E-state index contributed by atoms with van der Waals surface area (Å²) in [4.78, 5) is 2.14. The lowest BCUT2D eigenvalue weighted by Gasteiger charge is -2.15. The summed E-state index contributed by atoms with van der Waals surface area (Å²) in [5.41, 5.74) is 0.378. The maximum Gasteiger partial charge on any atom is 0.194 e. The quantitative estimate of drug-likeness (QED) is 0.836. The van der Waals surface area contributed by atoms with E-state index in [0.717, 1.165) is 23.4 Å². The largest absolute Gasteiger partial charge is 0.309 e. The Morgan fingerprint density at radius 2 is 1.79 bits per heavy atom. The van der Waals surface area contributed by atoms with Gasteiger partial charge in [0.15, 0.2) is 17.5 Å². The molecule has 0 saturated heterocycles. The molecular weight excluding hydrogens is 271 g/mol. The summed E-state index contributed by atoms with van der Waals surface area (Å²) >= 11 is 1.58. The van der Waals surface area contributed by atoms with Gasteiger partial charge in [-0.25, -0.2) is 13.2 Å². The van der Waals surface area contributed by atoms with Crippen LogP contribution in [0, 0.1) is 17.5 Å². The Labute approximate surface area is 114 Å². The molecular formula is C14H14F3NS. The van der Waals surface area contributed by atoms with Crippen molar-refractivity contribution in [1.82, 2.24) is 5.32 Å². The van der Waals surface area contributed by atoms with Gasteiger partial charge in [-0.2, -0.15) is 0 Å². The molecule has 0 radical (unpaired) electrons. The summed E-state index contributed by atoms with van der Waals surface area (Å²) in [6.07, 6.45) is 0.910. The fraction of sp³-hybridized carbons (Fsp3) is 0.286. The Morgan fingerprint density at radius 1 is 1.16 bits per heavy atom. The molecule has 1 aromatic carbocycles. The molecule has 19 heavy (non-hydrogen) atoms. The van der Waals surface area contributed by atoms with Gasteiger partial charge in [-0.05, 0) is 43.3 Å². The van der Waals surface area contributed by atoms with Crippen LogP contribution in [0.1, 0.15) is 28.3 Å². The Hall–Kier alpha value is -1.33. The van der Waals surface area contributed by atoms with Crippen LogP contribution in [-0.2, 0) is 6.42 Å². The maximum absolute atomic E-state index is 13.3. The first-order chi connectivity index (χ1) is 9.06. The summed E-state index contributed by atoms with van der Waals surface area (Å²) in [6.45, 7) is 2.04. The molecule has 0 aliphatic heterocycles. The number of hydrogen-bond donors (Lipinski definition) is 1. The van der Waals surface area contributed by atoms with E-state index in [9.17, 15) is 13.2 Å². The molecule has 1 atom stereocenters. The van der Waals surface area contributed by atoms with Gasteiger partial charge in [-0.1, -0.05) is 6.92 Å². The number of nitrogens with one attached hydrogen (secondary N) is 1. The van der Waals surface area contributed by atoms with Gasteiger partial charge in [0, 0.05) is 9.75 Å². The first-order valence-corrected chi connectivity index (χ1v) is 6.78. The minimum atomic E-state index is -1.43. The predicted molar refractivity (Wildman–Crippen MR) is 70.9 cm³/mol. The second kappa shape index (κ2) is 5.75. The van der Waals surface area contributed by atoms with E-state index in [1.807, 2.05) is 19.1 Å².